The molecule has 1 aromatic rings. The molecule has 17 heavy (non-hydrogen) atoms. The van der Waals surface area contributed by atoms with Gasteiger partial charge in [-0.1, -0.05) is 23.2 Å². The van der Waals surface area contributed by atoms with Gasteiger partial charge in [0, 0.05) is 23.4 Å². The summed E-state index contributed by atoms with van der Waals surface area (Å²) < 4.78 is 0. The largest absolute Gasteiger partial charge is 0.480 e. The number of aliphatic carboxylic acids is 1. The van der Waals surface area contributed by atoms with Gasteiger partial charge in [-0.3, -0.25) is 4.79 Å². The molecule has 4 nitrogen and oxygen atoms in total. The van der Waals surface area contributed by atoms with E-state index in [1.807, 2.05) is 0 Å². The molecule has 1 atom stereocenters. The highest BCUT2D eigenvalue weighted by molar-refractivity contribution is 6.34. The van der Waals surface area contributed by atoms with Crippen molar-refractivity contribution in [3.63, 3.8) is 0 Å². The molecule has 0 aliphatic rings. The summed E-state index contributed by atoms with van der Waals surface area (Å²) in [6.45, 7) is 1.26. The number of carboxylic acid groups (broad SMARTS) is 1. The lowest BCUT2D eigenvalue weighted by atomic mass is 10.1. The topological polar surface area (TPSA) is 66.4 Å². The average Bonchev–Trinajstić information content (AvgIpc) is 2.13. The number of hydrogen-bond donors (Lipinski definition) is 2. The van der Waals surface area contributed by atoms with Crippen molar-refractivity contribution in [3.05, 3.63) is 33.8 Å². The Labute approximate surface area is 109 Å². The normalized spacial score (nSPS) is 11.9. The van der Waals surface area contributed by atoms with Gasteiger partial charge in [0.15, 0.2) is 0 Å². The van der Waals surface area contributed by atoms with Crippen molar-refractivity contribution in [2.75, 3.05) is 0 Å². The lowest BCUT2D eigenvalue weighted by molar-refractivity contribution is -0.141. The Bertz CT molecular complexity index is 428. The van der Waals surface area contributed by atoms with Crippen LogP contribution in [0.25, 0.3) is 0 Å². The summed E-state index contributed by atoms with van der Waals surface area (Å²) in [5.74, 6) is -1.50. The van der Waals surface area contributed by atoms with Crippen molar-refractivity contribution >= 4 is 35.1 Å². The maximum atomic E-state index is 10.9. The minimum Gasteiger partial charge on any atom is -0.480 e. The Morgan fingerprint density at radius 3 is 2.24 bits per heavy atom. The van der Waals surface area contributed by atoms with Crippen molar-refractivity contribution in [2.45, 2.75) is 19.4 Å². The van der Waals surface area contributed by atoms with Crippen LogP contribution in [-0.4, -0.2) is 23.0 Å². The van der Waals surface area contributed by atoms with E-state index in [1.165, 1.54) is 6.92 Å². The van der Waals surface area contributed by atoms with E-state index in [2.05, 4.69) is 5.32 Å². The van der Waals surface area contributed by atoms with Crippen LogP contribution < -0.4 is 5.32 Å². The van der Waals surface area contributed by atoms with Crippen LogP contribution in [0, 0.1) is 0 Å². The van der Waals surface area contributed by atoms with Crippen molar-refractivity contribution in [3.8, 4) is 0 Å². The first kappa shape index (κ1) is 13.8. The third kappa shape index (κ3) is 4.63. The van der Waals surface area contributed by atoms with E-state index in [9.17, 15) is 9.59 Å². The zero-order valence-electron chi connectivity index (χ0n) is 9.04. The van der Waals surface area contributed by atoms with Gasteiger partial charge in [0.05, 0.1) is 0 Å². The fraction of sp³-hybridized carbons (Fsp3) is 0.273. The second-order valence-electron chi connectivity index (χ2n) is 3.57. The highest BCUT2D eigenvalue weighted by Gasteiger charge is 2.19. The molecule has 0 aromatic heterocycles. The maximum absolute atomic E-state index is 10.9. The number of benzene rings is 1. The van der Waals surface area contributed by atoms with Crippen LogP contribution in [-0.2, 0) is 16.0 Å². The second-order valence-corrected chi connectivity index (χ2v) is 4.45. The predicted octanol–water partition coefficient (Wildman–Crippen LogP) is 2.13. The SMILES string of the molecule is CC(=O)NC(Cc1cc(Cl)cc(Cl)c1)C(=O)O. The molecule has 0 spiro atoms. The molecule has 1 amide bonds. The predicted molar refractivity (Wildman–Crippen MR) is 65.4 cm³/mol. The Morgan fingerprint density at radius 2 is 1.82 bits per heavy atom. The molecule has 0 aliphatic carbocycles. The van der Waals surface area contributed by atoms with Crippen molar-refractivity contribution < 1.29 is 14.7 Å². The first-order chi connectivity index (χ1) is 7.88. The van der Waals surface area contributed by atoms with Crippen LogP contribution in [0.4, 0.5) is 0 Å². The van der Waals surface area contributed by atoms with E-state index in [4.69, 9.17) is 28.3 Å². The molecular formula is C11H11Cl2NO3. The molecule has 0 saturated carbocycles. The molecule has 0 aliphatic heterocycles. The minimum absolute atomic E-state index is 0.134. The van der Waals surface area contributed by atoms with Crippen LogP contribution in [0.1, 0.15) is 12.5 Å². The van der Waals surface area contributed by atoms with Crippen molar-refractivity contribution in [2.24, 2.45) is 0 Å². The Morgan fingerprint density at radius 1 is 1.29 bits per heavy atom. The van der Waals surface area contributed by atoms with Crippen LogP contribution in [0.5, 0.6) is 0 Å². The molecule has 92 valence electrons. The van der Waals surface area contributed by atoms with Gasteiger partial charge in [-0.05, 0) is 23.8 Å². The van der Waals surface area contributed by atoms with Crippen molar-refractivity contribution in [1.29, 1.82) is 0 Å². The molecule has 0 heterocycles. The molecule has 0 bridgehead atoms. The van der Waals surface area contributed by atoms with Gasteiger partial charge in [-0.2, -0.15) is 0 Å². The summed E-state index contributed by atoms with van der Waals surface area (Å²) in [5.41, 5.74) is 0.656. The van der Waals surface area contributed by atoms with Crippen LogP contribution in [0.15, 0.2) is 18.2 Å². The first-order valence-corrected chi connectivity index (χ1v) is 5.59. The van der Waals surface area contributed by atoms with Gasteiger partial charge >= 0.3 is 5.97 Å². The lowest BCUT2D eigenvalue weighted by Crippen LogP contribution is -2.41. The van der Waals surface area contributed by atoms with E-state index in [0.29, 0.717) is 15.6 Å². The Hall–Kier alpha value is -1.26. The second kappa shape index (κ2) is 5.89. The Kier molecular flexibility index (Phi) is 4.78. The van der Waals surface area contributed by atoms with Gasteiger partial charge in [0.25, 0.3) is 0 Å². The Balaban J connectivity index is 2.85. The van der Waals surface area contributed by atoms with Gasteiger partial charge in [0.1, 0.15) is 6.04 Å². The third-order valence-electron chi connectivity index (χ3n) is 2.04. The van der Waals surface area contributed by atoms with Crippen LogP contribution >= 0.6 is 23.2 Å². The third-order valence-corrected chi connectivity index (χ3v) is 2.47. The molecule has 2 N–H and O–H groups in total. The zero-order chi connectivity index (χ0) is 13.0. The number of carbonyl (C=O) groups excluding carboxylic acids is 1. The molecule has 1 rings (SSSR count). The summed E-state index contributed by atoms with van der Waals surface area (Å²) in [6, 6.07) is 3.80. The number of halogens is 2. The van der Waals surface area contributed by atoms with E-state index in [1.54, 1.807) is 18.2 Å². The highest BCUT2D eigenvalue weighted by Crippen LogP contribution is 2.20. The van der Waals surface area contributed by atoms with E-state index in [0.717, 1.165) is 0 Å². The van der Waals surface area contributed by atoms with Gasteiger partial charge < -0.3 is 10.4 Å². The molecule has 0 radical (unpaired) electrons. The number of rotatable bonds is 4. The molecular weight excluding hydrogens is 265 g/mol. The van der Waals surface area contributed by atoms with E-state index >= 15 is 0 Å². The smallest absolute Gasteiger partial charge is 0.326 e. The summed E-state index contributed by atoms with van der Waals surface area (Å²) in [6.07, 6.45) is 0.134. The van der Waals surface area contributed by atoms with Gasteiger partial charge in [0.2, 0.25) is 5.91 Å². The molecule has 0 fully saturated rings. The quantitative estimate of drug-likeness (QED) is 0.885. The molecule has 1 unspecified atom stereocenters. The first-order valence-electron chi connectivity index (χ1n) is 4.83. The number of carbonyl (C=O) groups is 2. The zero-order valence-corrected chi connectivity index (χ0v) is 10.5. The number of carboxylic acids is 1. The van der Waals surface area contributed by atoms with Crippen LogP contribution in [0.3, 0.4) is 0 Å². The van der Waals surface area contributed by atoms with Crippen molar-refractivity contribution in [1.82, 2.24) is 5.32 Å². The number of amides is 1. The maximum Gasteiger partial charge on any atom is 0.326 e. The van der Waals surface area contributed by atoms with E-state index < -0.39 is 17.9 Å². The van der Waals surface area contributed by atoms with E-state index in [-0.39, 0.29) is 6.42 Å². The monoisotopic (exact) mass is 275 g/mol. The summed E-state index contributed by atoms with van der Waals surface area (Å²) in [5, 5.41) is 12.1. The average molecular weight is 276 g/mol. The minimum atomic E-state index is -1.10. The molecule has 6 heteroatoms. The number of nitrogens with one attached hydrogen (secondary N) is 1. The highest BCUT2D eigenvalue weighted by atomic mass is 35.5. The molecule has 0 saturated heterocycles. The lowest BCUT2D eigenvalue weighted by Gasteiger charge is -2.13. The summed E-state index contributed by atoms with van der Waals surface area (Å²) in [7, 11) is 0. The van der Waals surface area contributed by atoms with Gasteiger partial charge in [-0.15, -0.1) is 0 Å². The molecule has 1 aromatic carbocycles. The summed E-state index contributed by atoms with van der Waals surface area (Å²) in [4.78, 5) is 21.8. The van der Waals surface area contributed by atoms with Gasteiger partial charge in [-0.25, -0.2) is 4.79 Å². The number of hydrogen-bond acceptors (Lipinski definition) is 2. The van der Waals surface area contributed by atoms with Crippen LogP contribution in [0.2, 0.25) is 10.0 Å². The summed E-state index contributed by atoms with van der Waals surface area (Å²) >= 11 is 11.6. The fourth-order valence-electron chi connectivity index (χ4n) is 1.41. The fourth-order valence-corrected chi connectivity index (χ4v) is 1.98. The standard InChI is InChI=1S/C11H11Cl2NO3/c1-6(15)14-10(11(16)17)4-7-2-8(12)5-9(13)3-7/h2-3,5,10H,4H2,1H3,(H,14,15)(H,16,17).